The molecule has 1 unspecified atom stereocenters. The summed E-state index contributed by atoms with van der Waals surface area (Å²) in [5.74, 6) is 1.51. The minimum absolute atomic E-state index is 0.269. The summed E-state index contributed by atoms with van der Waals surface area (Å²) in [7, 11) is 3.30. The number of nitrogens with one attached hydrogen (secondary N) is 1. The highest BCUT2D eigenvalue weighted by atomic mass is 35.5. The number of halogens is 1. The second-order valence-corrected chi connectivity index (χ2v) is 6.46. The smallest absolute Gasteiger partial charge is 0.161 e. The molecule has 0 aliphatic carbocycles. The molecule has 1 N–H and O–H groups in total. The molecule has 0 bridgehead atoms. The van der Waals surface area contributed by atoms with Crippen LogP contribution in [0.3, 0.4) is 0 Å². The van der Waals surface area contributed by atoms with Crippen LogP contribution in [0.4, 0.5) is 0 Å². The van der Waals surface area contributed by atoms with Gasteiger partial charge in [0.1, 0.15) is 0 Å². The van der Waals surface area contributed by atoms with Crippen molar-refractivity contribution in [1.82, 2.24) is 5.32 Å². The Morgan fingerprint density at radius 1 is 1.14 bits per heavy atom. The van der Waals surface area contributed by atoms with Crippen LogP contribution in [0.5, 0.6) is 11.5 Å². The van der Waals surface area contributed by atoms with Crippen LogP contribution in [0, 0.1) is 0 Å². The average Bonchev–Trinajstić information content (AvgIpc) is 2.93. The van der Waals surface area contributed by atoms with Gasteiger partial charge in [-0.3, -0.25) is 0 Å². The lowest BCUT2D eigenvalue weighted by Crippen LogP contribution is -2.19. The van der Waals surface area contributed by atoms with E-state index in [1.165, 1.54) is 10.4 Å². The predicted molar refractivity (Wildman–Crippen MR) is 88.7 cm³/mol. The van der Waals surface area contributed by atoms with E-state index in [0.29, 0.717) is 0 Å². The SMILES string of the molecule is CCC(NCc1ccc(Cl)s1)c1ccc(OC)c(OC)c1. The van der Waals surface area contributed by atoms with Crippen molar-refractivity contribution < 1.29 is 9.47 Å². The summed E-state index contributed by atoms with van der Waals surface area (Å²) in [5, 5.41) is 3.56. The van der Waals surface area contributed by atoms with Crippen molar-refractivity contribution in [2.24, 2.45) is 0 Å². The Balaban J connectivity index is 2.09. The largest absolute Gasteiger partial charge is 0.493 e. The Hall–Kier alpha value is -1.23. The number of hydrogen-bond donors (Lipinski definition) is 1. The molecule has 2 rings (SSSR count). The van der Waals surface area contributed by atoms with Crippen LogP contribution < -0.4 is 14.8 Å². The van der Waals surface area contributed by atoms with Gasteiger partial charge >= 0.3 is 0 Å². The first kappa shape index (κ1) is 16.1. The van der Waals surface area contributed by atoms with Gasteiger partial charge in [0, 0.05) is 17.5 Å². The maximum absolute atomic E-state index is 5.96. The van der Waals surface area contributed by atoms with E-state index in [1.807, 2.05) is 18.2 Å². The molecule has 21 heavy (non-hydrogen) atoms. The molecular formula is C16H20ClNO2S. The first-order chi connectivity index (χ1) is 10.2. The van der Waals surface area contributed by atoms with E-state index in [0.717, 1.165) is 28.8 Å². The number of thiophene rings is 1. The van der Waals surface area contributed by atoms with E-state index in [1.54, 1.807) is 25.6 Å². The molecular weight excluding hydrogens is 306 g/mol. The molecule has 2 aromatic rings. The lowest BCUT2D eigenvalue weighted by molar-refractivity contribution is 0.353. The van der Waals surface area contributed by atoms with E-state index in [2.05, 4.69) is 24.4 Å². The van der Waals surface area contributed by atoms with E-state index < -0.39 is 0 Å². The fourth-order valence-corrected chi connectivity index (χ4v) is 3.28. The minimum Gasteiger partial charge on any atom is -0.493 e. The van der Waals surface area contributed by atoms with Crippen LogP contribution in [0.25, 0.3) is 0 Å². The van der Waals surface area contributed by atoms with Crippen molar-refractivity contribution in [3.8, 4) is 11.5 Å². The maximum atomic E-state index is 5.96. The molecule has 0 radical (unpaired) electrons. The van der Waals surface area contributed by atoms with Crippen molar-refractivity contribution in [3.63, 3.8) is 0 Å². The summed E-state index contributed by atoms with van der Waals surface area (Å²) in [5.41, 5.74) is 1.19. The summed E-state index contributed by atoms with van der Waals surface area (Å²) >= 11 is 7.57. The highest BCUT2D eigenvalue weighted by Crippen LogP contribution is 2.31. The topological polar surface area (TPSA) is 30.5 Å². The van der Waals surface area contributed by atoms with E-state index in [-0.39, 0.29) is 6.04 Å². The fraction of sp³-hybridized carbons (Fsp3) is 0.375. The fourth-order valence-electron chi connectivity index (χ4n) is 2.24. The predicted octanol–water partition coefficient (Wildman–Crippen LogP) is 4.66. The summed E-state index contributed by atoms with van der Waals surface area (Å²) in [4.78, 5) is 1.24. The zero-order chi connectivity index (χ0) is 15.2. The Kier molecular flexibility index (Phi) is 5.91. The van der Waals surface area contributed by atoms with Gasteiger partial charge in [-0.05, 0) is 36.2 Å². The molecule has 1 atom stereocenters. The van der Waals surface area contributed by atoms with Crippen LogP contribution in [0.1, 0.15) is 29.8 Å². The van der Waals surface area contributed by atoms with Gasteiger partial charge in [-0.2, -0.15) is 0 Å². The number of benzene rings is 1. The Morgan fingerprint density at radius 3 is 2.48 bits per heavy atom. The van der Waals surface area contributed by atoms with Crippen molar-refractivity contribution in [2.75, 3.05) is 14.2 Å². The highest BCUT2D eigenvalue weighted by molar-refractivity contribution is 7.16. The molecule has 0 spiro atoms. The van der Waals surface area contributed by atoms with Crippen molar-refractivity contribution in [1.29, 1.82) is 0 Å². The van der Waals surface area contributed by atoms with Gasteiger partial charge in [0.15, 0.2) is 11.5 Å². The molecule has 0 saturated heterocycles. The standard InChI is InChI=1S/C16H20ClNO2S/c1-4-13(18-10-12-6-8-16(17)21-12)11-5-7-14(19-2)15(9-11)20-3/h5-9,13,18H,4,10H2,1-3H3. The van der Waals surface area contributed by atoms with Gasteiger partial charge in [0.25, 0.3) is 0 Å². The number of rotatable bonds is 7. The molecule has 0 aliphatic rings. The number of ether oxygens (including phenoxy) is 2. The third kappa shape index (κ3) is 4.13. The summed E-state index contributed by atoms with van der Waals surface area (Å²) in [6, 6.07) is 10.3. The number of hydrogen-bond acceptors (Lipinski definition) is 4. The number of methoxy groups -OCH3 is 2. The Labute approximate surface area is 134 Å². The quantitative estimate of drug-likeness (QED) is 0.803. The first-order valence-corrected chi connectivity index (χ1v) is 8.06. The second kappa shape index (κ2) is 7.69. The van der Waals surface area contributed by atoms with E-state index >= 15 is 0 Å². The molecule has 5 heteroatoms. The summed E-state index contributed by atoms with van der Waals surface area (Å²) in [6.45, 7) is 2.97. The van der Waals surface area contributed by atoms with E-state index in [4.69, 9.17) is 21.1 Å². The normalized spacial score (nSPS) is 12.2. The van der Waals surface area contributed by atoms with Gasteiger partial charge in [-0.25, -0.2) is 0 Å². The van der Waals surface area contributed by atoms with Crippen LogP contribution in [-0.2, 0) is 6.54 Å². The maximum Gasteiger partial charge on any atom is 0.161 e. The van der Waals surface area contributed by atoms with Gasteiger partial charge < -0.3 is 14.8 Å². The van der Waals surface area contributed by atoms with Crippen LogP contribution in [-0.4, -0.2) is 14.2 Å². The molecule has 1 aromatic heterocycles. The summed E-state index contributed by atoms with van der Waals surface area (Å²) < 4.78 is 11.5. The molecule has 1 heterocycles. The van der Waals surface area contributed by atoms with Crippen molar-refractivity contribution in [3.05, 3.63) is 45.1 Å². The van der Waals surface area contributed by atoms with Gasteiger partial charge in [0.2, 0.25) is 0 Å². The summed E-state index contributed by atoms with van der Waals surface area (Å²) in [6.07, 6.45) is 0.995. The van der Waals surface area contributed by atoms with Gasteiger partial charge in [-0.15, -0.1) is 11.3 Å². The molecule has 0 saturated carbocycles. The lowest BCUT2D eigenvalue weighted by atomic mass is 10.0. The zero-order valence-electron chi connectivity index (χ0n) is 12.5. The Morgan fingerprint density at radius 2 is 1.90 bits per heavy atom. The zero-order valence-corrected chi connectivity index (χ0v) is 14.1. The van der Waals surface area contributed by atoms with E-state index in [9.17, 15) is 0 Å². The Bertz CT molecular complexity index is 585. The second-order valence-electron chi connectivity index (χ2n) is 4.66. The molecule has 3 nitrogen and oxygen atoms in total. The van der Waals surface area contributed by atoms with Crippen molar-refractivity contribution in [2.45, 2.75) is 25.9 Å². The molecule has 0 fully saturated rings. The van der Waals surface area contributed by atoms with Crippen LogP contribution in [0.2, 0.25) is 4.34 Å². The molecule has 0 aliphatic heterocycles. The third-order valence-electron chi connectivity index (χ3n) is 3.37. The molecule has 0 amide bonds. The highest BCUT2D eigenvalue weighted by Gasteiger charge is 2.12. The van der Waals surface area contributed by atoms with Gasteiger partial charge in [-0.1, -0.05) is 24.6 Å². The van der Waals surface area contributed by atoms with Crippen LogP contribution >= 0.6 is 22.9 Å². The lowest BCUT2D eigenvalue weighted by Gasteiger charge is -2.18. The monoisotopic (exact) mass is 325 g/mol. The average molecular weight is 326 g/mol. The first-order valence-electron chi connectivity index (χ1n) is 6.87. The van der Waals surface area contributed by atoms with Crippen LogP contribution in [0.15, 0.2) is 30.3 Å². The molecule has 114 valence electrons. The van der Waals surface area contributed by atoms with Crippen molar-refractivity contribution >= 4 is 22.9 Å². The van der Waals surface area contributed by atoms with Gasteiger partial charge in [0.05, 0.1) is 18.6 Å². The minimum atomic E-state index is 0.269. The third-order valence-corrected chi connectivity index (χ3v) is 4.60. The molecule has 1 aromatic carbocycles.